The third-order valence-electron chi connectivity index (χ3n) is 4.03. The molecular formula is C20H22ClN7O3. The molecule has 11 heteroatoms. The predicted molar refractivity (Wildman–Crippen MR) is 120 cm³/mol. The van der Waals surface area contributed by atoms with Gasteiger partial charge >= 0.3 is 6.03 Å². The Morgan fingerprint density at radius 1 is 0.968 bits per heavy atom. The predicted octanol–water partition coefficient (Wildman–Crippen LogP) is 3.52. The van der Waals surface area contributed by atoms with Crippen LogP contribution in [0.25, 0.3) is 0 Å². The number of carbonyl (C=O) groups is 1. The van der Waals surface area contributed by atoms with Crippen molar-refractivity contribution < 1.29 is 14.3 Å². The van der Waals surface area contributed by atoms with Crippen LogP contribution in [0.5, 0.6) is 11.5 Å². The molecule has 0 bridgehead atoms. The van der Waals surface area contributed by atoms with Crippen molar-refractivity contribution in [2.45, 2.75) is 0 Å². The summed E-state index contributed by atoms with van der Waals surface area (Å²) in [7, 11) is 3.00. The average Bonchev–Trinajstić information content (AvgIpc) is 2.78. The SMILES string of the molecule is COc1cc(OC)c(NC(=O)NCCNc2cc(Nc3ccccn3)ncn2)cc1Cl. The van der Waals surface area contributed by atoms with Gasteiger partial charge in [-0.1, -0.05) is 17.7 Å². The van der Waals surface area contributed by atoms with Crippen LogP contribution < -0.4 is 30.7 Å². The smallest absolute Gasteiger partial charge is 0.319 e. The van der Waals surface area contributed by atoms with Crippen molar-refractivity contribution in [1.29, 1.82) is 0 Å². The van der Waals surface area contributed by atoms with E-state index in [9.17, 15) is 4.79 Å². The highest BCUT2D eigenvalue weighted by atomic mass is 35.5. The van der Waals surface area contributed by atoms with Gasteiger partial charge in [0.2, 0.25) is 0 Å². The van der Waals surface area contributed by atoms with Crippen LogP contribution in [0, 0.1) is 0 Å². The molecule has 3 aromatic rings. The zero-order valence-corrected chi connectivity index (χ0v) is 17.7. The van der Waals surface area contributed by atoms with E-state index in [-0.39, 0.29) is 0 Å². The third kappa shape index (κ3) is 6.34. The van der Waals surface area contributed by atoms with E-state index in [0.29, 0.717) is 52.8 Å². The van der Waals surface area contributed by atoms with Gasteiger partial charge in [-0.3, -0.25) is 0 Å². The number of nitrogens with one attached hydrogen (secondary N) is 4. The van der Waals surface area contributed by atoms with E-state index in [1.807, 2.05) is 18.2 Å². The Bertz CT molecular complexity index is 1020. The first-order valence-corrected chi connectivity index (χ1v) is 9.67. The number of ether oxygens (including phenoxy) is 2. The first kappa shape index (κ1) is 21.9. The molecule has 1 aromatic carbocycles. The summed E-state index contributed by atoms with van der Waals surface area (Å²) in [6, 6.07) is 10.1. The van der Waals surface area contributed by atoms with E-state index in [2.05, 4.69) is 36.2 Å². The molecule has 0 aliphatic rings. The van der Waals surface area contributed by atoms with Crippen molar-refractivity contribution in [2.75, 3.05) is 43.3 Å². The summed E-state index contributed by atoms with van der Waals surface area (Å²) in [5, 5.41) is 12.0. The highest BCUT2D eigenvalue weighted by Crippen LogP contribution is 2.35. The highest BCUT2D eigenvalue weighted by molar-refractivity contribution is 6.32. The topological polar surface area (TPSA) is 122 Å². The summed E-state index contributed by atoms with van der Waals surface area (Å²) in [5.41, 5.74) is 0.430. The molecule has 4 N–H and O–H groups in total. The summed E-state index contributed by atoms with van der Waals surface area (Å²) in [5.74, 6) is 2.78. The van der Waals surface area contributed by atoms with Gasteiger partial charge in [-0.05, 0) is 18.2 Å². The molecule has 0 spiro atoms. The summed E-state index contributed by atoms with van der Waals surface area (Å²) in [4.78, 5) is 24.7. The van der Waals surface area contributed by atoms with Gasteiger partial charge in [-0.25, -0.2) is 19.7 Å². The van der Waals surface area contributed by atoms with Gasteiger partial charge < -0.3 is 30.7 Å². The minimum absolute atomic E-state index is 0.352. The lowest BCUT2D eigenvalue weighted by Gasteiger charge is -2.14. The standard InChI is InChI=1S/C20H22ClN7O3/c1-30-15-10-16(31-2)14(9-13(15)21)27-20(29)24-8-7-23-18-11-19(26-12-25-18)28-17-5-3-4-6-22-17/h3-6,9-12H,7-8H2,1-2H3,(H2,24,27,29)(H2,22,23,25,26,28). The molecule has 162 valence electrons. The maximum atomic E-state index is 12.2. The molecule has 0 aliphatic heterocycles. The number of aromatic nitrogens is 3. The van der Waals surface area contributed by atoms with E-state index in [1.54, 1.807) is 24.4 Å². The molecule has 10 nitrogen and oxygen atoms in total. The van der Waals surface area contributed by atoms with Crippen LogP contribution in [0.2, 0.25) is 5.02 Å². The molecular weight excluding hydrogens is 422 g/mol. The fourth-order valence-corrected chi connectivity index (χ4v) is 2.82. The van der Waals surface area contributed by atoms with Crippen molar-refractivity contribution in [3.05, 3.63) is 53.9 Å². The minimum Gasteiger partial charge on any atom is -0.495 e. The minimum atomic E-state index is -0.401. The highest BCUT2D eigenvalue weighted by Gasteiger charge is 2.12. The number of hydrogen-bond acceptors (Lipinski definition) is 8. The number of amides is 2. The lowest BCUT2D eigenvalue weighted by molar-refractivity contribution is 0.252. The molecule has 0 fully saturated rings. The number of pyridine rings is 1. The van der Waals surface area contributed by atoms with E-state index in [4.69, 9.17) is 21.1 Å². The molecule has 31 heavy (non-hydrogen) atoms. The normalized spacial score (nSPS) is 10.2. The second-order valence-corrected chi connectivity index (χ2v) is 6.53. The molecule has 2 aromatic heterocycles. The number of benzene rings is 1. The van der Waals surface area contributed by atoms with E-state index in [0.717, 1.165) is 0 Å². The summed E-state index contributed by atoms with van der Waals surface area (Å²) in [6.45, 7) is 0.805. The lowest BCUT2D eigenvalue weighted by Crippen LogP contribution is -2.32. The fraction of sp³-hybridized carbons (Fsp3) is 0.200. The van der Waals surface area contributed by atoms with Crippen LogP contribution in [0.3, 0.4) is 0 Å². The molecule has 0 atom stereocenters. The Morgan fingerprint density at radius 2 is 1.77 bits per heavy atom. The number of halogens is 1. The number of methoxy groups -OCH3 is 2. The number of hydrogen-bond donors (Lipinski definition) is 4. The van der Waals surface area contributed by atoms with Crippen molar-refractivity contribution in [2.24, 2.45) is 0 Å². The Labute approximate surface area is 184 Å². The first-order chi connectivity index (χ1) is 15.1. The zero-order valence-electron chi connectivity index (χ0n) is 17.0. The van der Waals surface area contributed by atoms with Crippen LogP contribution in [0.1, 0.15) is 0 Å². The third-order valence-corrected chi connectivity index (χ3v) is 4.32. The number of urea groups is 1. The van der Waals surface area contributed by atoms with E-state index in [1.165, 1.54) is 20.5 Å². The Balaban J connectivity index is 1.47. The number of carbonyl (C=O) groups excluding carboxylic acids is 1. The average molecular weight is 444 g/mol. The zero-order chi connectivity index (χ0) is 22.1. The van der Waals surface area contributed by atoms with Gasteiger partial charge in [0, 0.05) is 31.4 Å². The number of anilines is 4. The number of rotatable bonds is 9. The molecule has 0 saturated carbocycles. The second kappa shape index (κ2) is 10.8. The molecule has 0 aliphatic carbocycles. The first-order valence-electron chi connectivity index (χ1n) is 9.29. The molecule has 2 heterocycles. The van der Waals surface area contributed by atoms with E-state index >= 15 is 0 Å². The van der Waals surface area contributed by atoms with Gasteiger partial charge in [0.25, 0.3) is 0 Å². The van der Waals surface area contributed by atoms with Crippen LogP contribution in [0.4, 0.5) is 27.9 Å². The van der Waals surface area contributed by atoms with Crippen LogP contribution in [-0.4, -0.2) is 48.3 Å². The maximum Gasteiger partial charge on any atom is 0.319 e. The van der Waals surface area contributed by atoms with Crippen LogP contribution in [0.15, 0.2) is 48.9 Å². The molecule has 2 amide bonds. The summed E-state index contributed by atoms with van der Waals surface area (Å²) < 4.78 is 10.4. The Hall–Kier alpha value is -3.79. The summed E-state index contributed by atoms with van der Waals surface area (Å²) in [6.07, 6.45) is 3.13. The van der Waals surface area contributed by atoms with Crippen LogP contribution >= 0.6 is 11.6 Å². The Kier molecular flexibility index (Phi) is 7.66. The molecule has 0 saturated heterocycles. The second-order valence-electron chi connectivity index (χ2n) is 6.12. The number of nitrogens with zero attached hydrogens (tertiary/aromatic N) is 3. The van der Waals surface area contributed by atoms with Gasteiger partial charge in [0.05, 0.1) is 24.9 Å². The summed E-state index contributed by atoms with van der Waals surface area (Å²) >= 11 is 6.12. The van der Waals surface area contributed by atoms with Crippen molar-refractivity contribution in [3.63, 3.8) is 0 Å². The Morgan fingerprint density at radius 3 is 2.52 bits per heavy atom. The van der Waals surface area contributed by atoms with Crippen LogP contribution in [-0.2, 0) is 0 Å². The van der Waals surface area contributed by atoms with Gasteiger partial charge in [-0.15, -0.1) is 0 Å². The van der Waals surface area contributed by atoms with Crippen molar-refractivity contribution >= 4 is 40.8 Å². The van der Waals surface area contributed by atoms with Gasteiger partial charge in [0.15, 0.2) is 0 Å². The molecule has 0 radical (unpaired) electrons. The molecule has 3 rings (SSSR count). The monoisotopic (exact) mass is 443 g/mol. The quantitative estimate of drug-likeness (QED) is 0.370. The van der Waals surface area contributed by atoms with Crippen molar-refractivity contribution in [1.82, 2.24) is 20.3 Å². The largest absolute Gasteiger partial charge is 0.495 e. The van der Waals surface area contributed by atoms with Crippen molar-refractivity contribution in [3.8, 4) is 11.5 Å². The maximum absolute atomic E-state index is 12.2. The van der Waals surface area contributed by atoms with Gasteiger partial charge in [-0.2, -0.15) is 0 Å². The van der Waals surface area contributed by atoms with E-state index < -0.39 is 6.03 Å². The fourth-order valence-electron chi connectivity index (χ4n) is 2.58. The lowest BCUT2D eigenvalue weighted by atomic mass is 10.2. The molecule has 0 unspecified atom stereocenters. The van der Waals surface area contributed by atoms with Gasteiger partial charge in [0.1, 0.15) is 35.3 Å².